The fraction of sp³-hybridized carbons (Fsp3) is 0.500. The van der Waals surface area contributed by atoms with Gasteiger partial charge in [0, 0.05) is 12.6 Å². The van der Waals surface area contributed by atoms with Crippen LogP contribution < -0.4 is 10.0 Å². The molecular weight excluding hydrogens is 255 g/mol. The maximum Gasteiger partial charge on any atom is 0.234 e. The van der Waals surface area contributed by atoms with Crippen LogP contribution in [0.1, 0.15) is 18.4 Å². The van der Waals surface area contributed by atoms with Crippen molar-refractivity contribution in [3.05, 3.63) is 29.6 Å². The SMILES string of the molecule is Cc1cccc(F)c1NS(=O)(=O)CCNC1CC1. The summed E-state index contributed by atoms with van der Waals surface area (Å²) in [6.45, 7) is 2.07. The van der Waals surface area contributed by atoms with Crippen molar-refractivity contribution >= 4 is 15.7 Å². The summed E-state index contributed by atoms with van der Waals surface area (Å²) in [6.07, 6.45) is 2.22. The molecule has 0 radical (unpaired) electrons. The average molecular weight is 272 g/mol. The normalized spacial score (nSPS) is 15.7. The van der Waals surface area contributed by atoms with E-state index in [-0.39, 0.29) is 11.4 Å². The molecule has 0 heterocycles. The zero-order valence-electron chi connectivity index (χ0n) is 10.2. The number of hydrogen-bond acceptors (Lipinski definition) is 3. The minimum atomic E-state index is -3.50. The van der Waals surface area contributed by atoms with Crippen LogP contribution >= 0.6 is 0 Å². The first-order chi connectivity index (χ1) is 8.48. The van der Waals surface area contributed by atoms with Crippen LogP contribution in [0.5, 0.6) is 0 Å². The van der Waals surface area contributed by atoms with Crippen LogP contribution in [0.3, 0.4) is 0 Å². The third-order valence-corrected chi connectivity index (χ3v) is 4.12. The van der Waals surface area contributed by atoms with E-state index in [9.17, 15) is 12.8 Å². The Bertz CT molecular complexity index is 507. The highest BCUT2D eigenvalue weighted by Gasteiger charge is 2.21. The van der Waals surface area contributed by atoms with Gasteiger partial charge in [-0.15, -0.1) is 0 Å². The van der Waals surface area contributed by atoms with E-state index in [1.165, 1.54) is 6.07 Å². The van der Waals surface area contributed by atoms with Crippen molar-refractivity contribution in [2.24, 2.45) is 0 Å². The standard InChI is InChI=1S/C12H17FN2O2S/c1-9-3-2-4-11(13)12(9)15-18(16,17)8-7-14-10-5-6-10/h2-4,10,14-15H,5-8H2,1H3. The number of aryl methyl sites for hydroxylation is 1. The minimum absolute atomic E-state index is 0.0444. The molecule has 1 aliphatic carbocycles. The molecule has 1 fully saturated rings. The predicted octanol–water partition coefficient (Wildman–Crippen LogP) is 1.63. The molecule has 6 heteroatoms. The number of halogens is 1. The molecule has 1 saturated carbocycles. The second-order valence-electron chi connectivity index (χ2n) is 4.58. The van der Waals surface area contributed by atoms with Crippen LogP contribution in [0, 0.1) is 12.7 Å². The summed E-state index contributed by atoms with van der Waals surface area (Å²) in [4.78, 5) is 0. The summed E-state index contributed by atoms with van der Waals surface area (Å²) >= 11 is 0. The molecule has 2 rings (SSSR count). The number of hydrogen-bond donors (Lipinski definition) is 2. The fourth-order valence-electron chi connectivity index (χ4n) is 1.65. The molecule has 1 aliphatic rings. The molecule has 0 aliphatic heterocycles. The summed E-state index contributed by atoms with van der Waals surface area (Å²) < 4.78 is 39.4. The van der Waals surface area contributed by atoms with Crippen molar-refractivity contribution in [2.45, 2.75) is 25.8 Å². The number of anilines is 1. The predicted molar refractivity (Wildman–Crippen MR) is 69.6 cm³/mol. The highest BCUT2D eigenvalue weighted by Crippen LogP contribution is 2.20. The number of rotatable bonds is 6. The van der Waals surface area contributed by atoms with Crippen LogP contribution in [0.4, 0.5) is 10.1 Å². The van der Waals surface area contributed by atoms with Gasteiger partial charge in [-0.3, -0.25) is 4.72 Å². The van der Waals surface area contributed by atoms with E-state index >= 15 is 0 Å². The van der Waals surface area contributed by atoms with Gasteiger partial charge in [0.2, 0.25) is 10.0 Å². The van der Waals surface area contributed by atoms with Crippen LogP contribution in [0.15, 0.2) is 18.2 Å². The molecule has 100 valence electrons. The van der Waals surface area contributed by atoms with Gasteiger partial charge < -0.3 is 5.32 Å². The average Bonchev–Trinajstić information content (AvgIpc) is 3.07. The molecule has 1 aromatic rings. The second-order valence-corrected chi connectivity index (χ2v) is 6.42. The maximum atomic E-state index is 13.5. The van der Waals surface area contributed by atoms with Gasteiger partial charge >= 0.3 is 0 Å². The summed E-state index contributed by atoms with van der Waals surface area (Å²) in [5, 5.41) is 3.11. The Labute approximate surface area is 107 Å². The Morgan fingerprint density at radius 2 is 2.11 bits per heavy atom. The topological polar surface area (TPSA) is 58.2 Å². The lowest BCUT2D eigenvalue weighted by molar-refractivity contribution is 0.593. The van der Waals surface area contributed by atoms with Crippen molar-refractivity contribution in [1.29, 1.82) is 0 Å². The van der Waals surface area contributed by atoms with E-state index in [1.807, 2.05) is 0 Å². The van der Waals surface area contributed by atoms with Gasteiger partial charge in [0.05, 0.1) is 11.4 Å². The first-order valence-electron chi connectivity index (χ1n) is 5.97. The number of sulfonamides is 1. The first-order valence-corrected chi connectivity index (χ1v) is 7.62. The molecular formula is C12H17FN2O2S. The molecule has 2 N–H and O–H groups in total. The van der Waals surface area contributed by atoms with Crippen molar-refractivity contribution in [2.75, 3.05) is 17.0 Å². The zero-order valence-corrected chi connectivity index (χ0v) is 11.1. The highest BCUT2D eigenvalue weighted by atomic mass is 32.2. The fourth-order valence-corrected chi connectivity index (χ4v) is 2.71. The molecule has 18 heavy (non-hydrogen) atoms. The Balaban J connectivity index is 1.97. The van der Waals surface area contributed by atoms with Gasteiger partial charge in [0.1, 0.15) is 5.82 Å². The van der Waals surface area contributed by atoms with E-state index in [0.29, 0.717) is 18.2 Å². The van der Waals surface area contributed by atoms with Gasteiger partial charge in [-0.1, -0.05) is 12.1 Å². The van der Waals surface area contributed by atoms with Gasteiger partial charge in [-0.25, -0.2) is 12.8 Å². The number of nitrogens with one attached hydrogen (secondary N) is 2. The van der Waals surface area contributed by atoms with E-state index in [0.717, 1.165) is 12.8 Å². The molecule has 0 saturated heterocycles. The Kier molecular flexibility index (Phi) is 3.87. The molecule has 0 aromatic heterocycles. The van der Waals surface area contributed by atoms with Crippen LogP contribution in [-0.4, -0.2) is 26.8 Å². The lowest BCUT2D eigenvalue weighted by atomic mass is 10.2. The molecule has 0 unspecified atom stereocenters. The molecule has 4 nitrogen and oxygen atoms in total. The second kappa shape index (κ2) is 5.24. The highest BCUT2D eigenvalue weighted by molar-refractivity contribution is 7.92. The third-order valence-electron chi connectivity index (χ3n) is 2.86. The zero-order chi connectivity index (χ0) is 13.2. The summed E-state index contributed by atoms with van der Waals surface area (Å²) in [5.74, 6) is -0.592. The van der Waals surface area contributed by atoms with Crippen molar-refractivity contribution in [1.82, 2.24) is 5.32 Å². The minimum Gasteiger partial charge on any atom is -0.313 e. The Morgan fingerprint density at radius 3 is 2.72 bits per heavy atom. The molecule has 0 bridgehead atoms. The van der Waals surface area contributed by atoms with Gasteiger partial charge in [0.25, 0.3) is 0 Å². The van der Waals surface area contributed by atoms with E-state index in [1.54, 1.807) is 19.1 Å². The quantitative estimate of drug-likeness (QED) is 0.827. The molecule has 0 atom stereocenters. The molecule has 0 spiro atoms. The number of para-hydroxylation sites is 1. The van der Waals surface area contributed by atoms with E-state index < -0.39 is 15.8 Å². The first kappa shape index (κ1) is 13.3. The van der Waals surface area contributed by atoms with E-state index in [2.05, 4.69) is 10.0 Å². The lowest BCUT2D eigenvalue weighted by Gasteiger charge is -2.11. The van der Waals surface area contributed by atoms with Crippen molar-refractivity contribution < 1.29 is 12.8 Å². The monoisotopic (exact) mass is 272 g/mol. The van der Waals surface area contributed by atoms with Gasteiger partial charge in [-0.2, -0.15) is 0 Å². The van der Waals surface area contributed by atoms with Gasteiger partial charge in [0.15, 0.2) is 0 Å². The van der Waals surface area contributed by atoms with Gasteiger partial charge in [-0.05, 0) is 31.4 Å². The third kappa shape index (κ3) is 3.68. The molecule has 0 amide bonds. The smallest absolute Gasteiger partial charge is 0.234 e. The van der Waals surface area contributed by atoms with Crippen LogP contribution in [-0.2, 0) is 10.0 Å². The lowest BCUT2D eigenvalue weighted by Crippen LogP contribution is -2.28. The maximum absolute atomic E-state index is 13.5. The Morgan fingerprint density at radius 1 is 1.39 bits per heavy atom. The Hall–Kier alpha value is -1.14. The van der Waals surface area contributed by atoms with E-state index in [4.69, 9.17) is 0 Å². The van der Waals surface area contributed by atoms with Crippen LogP contribution in [0.2, 0.25) is 0 Å². The van der Waals surface area contributed by atoms with Crippen molar-refractivity contribution in [3.63, 3.8) is 0 Å². The summed E-state index contributed by atoms with van der Waals surface area (Å²) in [5.41, 5.74) is 0.623. The molecule has 1 aromatic carbocycles. The summed E-state index contributed by atoms with van der Waals surface area (Å²) in [7, 11) is -3.50. The number of benzene rings is 1. The summed E-state index contributed by atoms with van der Waals surface area (Å²) in [6, 6.07) is 4.93. The van der Waals surface area contributed by atoms with Crippen molar-refractivity contribution in [3.8, 4) is 0 Å². The van der Waals surface area contributed by atoms with Crippen LogP contribution in [0.25, 0.3) is 0 Å². The largest absolute Gasteiger partial charge is 0.313 e.